The molecular weight excluding hydrogens is 236 g/mol. The second-order valence-electron chi connectivity index (χ2n) is 4.67. The van der Waals surface area contributed by atoms with E-state index in [1.54, 1.807) is 14.2 Å². The Morgan fingerprint density at radius 2 is 1.94 bits per heavy atom. The highest BCUT2D eigenvalue weighted by Crippen LogP contribution is 2.45. The molecule has 0 aromatic heterocycles. The van der Waals surface area contributed by atoms with Crippen molar-refractivity contribution in [3.05, 3.63) is 23.8 Å². The summed E-state index contributed by atoms with van der Waals surface area (Å²) in [6.07, 6.45) is 2.20. The molecule has 0 radical (unpaired) electrons. The van der Waals surface area contributed by atoms with E-state index >= 15 is 0 Å². The first-order valence-electron chi connectivity index (χ1n) is 6.03. The Bertz CT molecular complexity index is 392. The molecule has 1 fully saturated rings. The second-order valence-corrected chi connectivity index (χ2v) is 5.23. The van der Waals surface area contributed by atoms with Crippen molar-refractivity contribution in [1.82, 2.24) is 0 Å². The molecule has 2 nitrogen and oxygen atoms in total. The Hall–Kier alpha value is -0.890. The van der Waals surface area contributed by atoms with Gasteiger partial charge in [-0.3, -0.25) is 0 Å². The van der Waals surface area contributed by atoms with Gasteiger partial charge in [0.05, 0.1) is 14.2 Å². The summed E-state index contributed by atoms with van der Waals surface area (Å²) in [6.45, 7) is 2.22. The lowest BCUT2D eigenvalue weighted by atomic mass is 9.89. The first-order chi connectivity index (χ1) is 8.17. The number of benzene rings is 1. The predicted molar refractivity (Wildman–Crippen MR) is 70.3 cm³/mol. The highest BCUT2D eigenvalue weighted by Gasteiger charge is 2.34. The van der Waals surface area contributed by atoms with Gasteiger partial charge in [-0.05, 0) is 42.9 Å². The summed E-state index contributed by atoms with van der Waals surface area (Å²) in [5.74, 6) is 2.78. The van der Waals surface area contributed by atoms with Crippen LogP contribution in [0.15, 0.2) is 18.2 Å². The number of methoxy groups -OCH3 is 2. The molecule has 1 aliphatic rings. The topological polar surface area (TPSA) is 18.5 Å². The minimum Gasteiger partial charge on any atom is -0.497 e. The zero-order valence-corrected chi connectivity index (χ0v) is 11.3. The van der Waals surface area contributed by atoms with Gasteiger partial charge in [-0.15, -0.1) is 11.6 Å². The summed E-state index contributed by atoms with van der Waals surface area (Å²) in [4.78, 5) is 0. The monoisotopic (exact) mass is 254 g/mol. The van der Waals surface area contributed by atoms with Crippen molar-refractivity contribution in [2.24, 2.45) is 5.92 Å². The van der Waals surface area contributed by atoms with Crippen LogP contribution in [0.4, 0.5) is 0 Å². The first-order valence-corrected chi connectivity index (χ1v) is 6.47. The minimum atomic E-state index is 0.274. The van der Waals surface area contributed by atoms with Crippen molar-refractivity contribution < 1.29 is 9.47 Å². The first kappa shape index (κ1) is 12.6. The molecule has 17 heavy (non-hydrogen) atoms. The lowest BCUT2D eigenvalue weighted by Crippen LogP contribution is -2.10. The van der Waals surface area contributed by atoms with Crippen molar-refractivity contribution in [2.75, 3.05) is 14.2 Å². The molecule has 1 saturated carbocycles. The van der Waals surface area contributed by atoms with Crippen molar-refractivity contribution >= 4 is 11.6 Å². The van der Waals surface area contributed by atoms with Gasteiger partial charge in [-0.2, -0.15) is 0 Å². The van der Waals surface area contributed by atoms with Crippen LogP contribution in [0.2, 0.25) is 0 Å². The Balaban J connectivity index is 2.35. The van der Waals surface area contributed by atoms with E-state index in [4.69, 9.17) is 21.1 Å². The molecule has 0 N–H and O–H groups in total. The number of ether oxygens (including phenoxy) is 2. The minimum absolute atomic E-state index is 0.274. The summed E-state index contributed by atoms with van der Waals surface area (Å²) < 4.78 is 10.7. The molecule has 2 rings (SSSR count). The standard InChI is InChI=1S/C14H19ClO2/c1-9-11(5-6-13(9)15)12-8-10(16-2)4-7-14(12)17-3/h4,7-9,11,13H,5-6H2,1-3H3. The lowest BCUT2D eigenvalue weighted by molar-refractivity contribution is 0.389. The molecule has 3 atom stereocenters. The summed E-state index contributed by atoms with van der Waals surface area (Å²) in [7, 11) is 3.40. The largest absolute Gasteiger partial charge is 0.497 e. The predicted octanol–water partition coefficient (Wildman–Crippen LogP) is 3.82. The normalized spacial score (nSPS) is 28.1. The quantitative estimate of drug-likeness (QED) is 0.764. The number of alkyl halides is 1. The zero-order chi connectivity index (χ0) is 12.4. The van der Waals surface area contributed by atoms with Crippen LogP contribution in [0, 0.1) is 5.92 Å². The molecule has 0 heterocycles. The zero-order valence-electron chi connectivity index (χ0n) is 10.6. The van der Waals surface area contributed by atoms with Crippen LogP contribution in [0.1, 0.15) is 31.2 Å². The fourth-order valence-electron chi connectivity index (χ4n) is 2.68. The number of hydrogen-bond donors (Lipinski definition) is 0. The van der Waals surface area contributed by atoms with E-state index in [0.717, 1.165) is 24.3 Å². The van der Waals surface area contributed by atoms with Crippen LogP contribution in [0.5, 0.6) is 11.5 Å². The SMILES string of the molecule is COc1ccc(OC)c(C2CCC(Cl)C2C)c1. The maximum absolute atomic E-state index is 6.30. The van der Waals surface area contributed by atoms with E-state index in [1.165, 1.54) is 5.56 Å². The van der Waals surface area contributed by atoms with Gasteiger partial charge in [0.25, 0.3) is 0 Å². The second kappa shape index (κ2) is 5.18. The molecule has 3 unspecified atom stereocenters. The van der Waals surface area contributed by atoms with E-state index < -0.39 is 0 Å². The molecule has 0 amide bonds. The van der Waals surface area contributed by atoms with E-state index in [1.807, 2.05) is 12.1 Å². The van der Waals surface area contributed by atoms with Crippen LogP contribution < -0.4 is 9.47 Å². The fourth-order valence-corrected chi connectivity index (χ4v) is 2.99. The summed E-state index contributed by atoms with van der Waals surface area (Å²) in [5.41, 5.74) is 1.22. The van der Waals surface area contributed by atoms with E-state index in [0.29, 0.717) is 11.8 Å². The van der Waals surface area contributed by atoms with Gasteiger partial charge in [-0.25, -0.2) is 0 Å². The molecular formula is C14H19ClO2. The van der Waals surface area contributed by atoms with Crippen LogP contribution in [0.25, 0.3) is 0 Å². The molecule has 1 aromatic carbocycles. The maximum Gasteiger partial charge on any atom is 0.122 e. The average Bonchev–Trinajstić information content (AvgIpc) is 2.69. The van der Waals surface area contributed by atoms with Crippen molar-refractivity contribution in [2.45, 2.75) is 31.1 Å². The van der Waals surface area contributed by atoms with Gasteiger partial charge in [0, 0.05) is 10.9 Å². The third-order valence-electron chi connectivity index (χ3n) is 3.79. The number of hydrogen-bond acceptors (Lipinski definition) is 2. The Kier molecular flexibility index (Phi) is 3.82. The Morgan fingerprint density at radius 3 is 2.47 bits per heavy atom. The fraction of sp³-hybridized carbons (Fsp3) is 0.571. The van der Waals surface area contributed by atoms with Gasteiger partial charge in [0.2, 0.25) is 0 Å². The lowest BCUT2D eigenvalue weighted by Gasteiger charge is -2.20. The third kappa shape index (κ3) is 2.37. The Morgan fingerprint density at radius 1 is 1.18 bits per heavy atom. The molecule has 1 aliphatic carbocycles. The van der Waals surface area contributed by atoms with Gasteiger partial charge in [-0.1, -0.05) is 6.92 Å². The van der Waals surface area contributed by atoms with Gasteiger partial charge in [0.15, 0.2) is 0 Å². The molecule has 0 bridgehead atoms. The number of rotatable bonds is 3. The molecule has 3 heteroatoms. The summed E-state index contributed by atoms with van der Waals surface area (Å²) >= 11 is 6.30. The molecule has 94 valence electrons. The highest BCUT2D eigenvalue weighted by molar-refractivity contribution is 6.21. The van der Waals surface area contributed by atoms with E-state index in [-0.39, 0.29) is 5.38 Å². The van der Waals surface area contributed by atoms with Gasteiger partial charge >= 0.3 is 0 Å². The van der Waals surface area contributed by atoms with Crippen molar-refractivity contribution in [1.29, 1.82) is 0 Å². The van der Waals surface area contributed by atoms with E-state index in [2.05, 4.69) is 13.0 Å². The highest BCUT2D eigenvalue weighted by atomic mass is 35.5. The number of halogens is 1. The van der Waals surface area contributed by atoms with Crippen LogP contribution in [-0.2, 0) is 0 Å². The van der Waals surface area contributed by atoms with Crippen LogP contribution >= 0.6 is 11.6 Å². The van der Waals surface area contributed by atoms with Crippen LogP contribution in [-0.4, -0.2) is 19.6 Å². The summed E-state index contributed by atoms with van der Waals surface area (Å²) in [6, 6.07) is 5.98. The van der Waals surface area contributed by atoms with Crippen molar-refractivity contribution in [3.8, 4) is 11.5 Å². The van der Waals surface area contributed by atoms with Gasteiger partial charge < -0.3 is 9.47 Å². The maximum atomic E-state index is 6.30. The molecule has 0 spiro atoms. The molecule has 0 saturated heterocycles. The summed E-state index contributed by atoms with van der Waals surface area (Å²) in [5, 5.41) is 0.274. The smallest absolute Gasteiger partial charge is 0.122 e. The molecule has 1 aromatic rings. The van der Waals surface area contributed by atoms with E-state index in [9.17, 15) is 0 Å². The van der Waals surface area contributed by atoms with Crippen LogP contribution in [0.3, 0.4) is 0 Å². The van der Waals surface area contributed by atoms with Gasteiger partial charge in [0.1, 0.15) is 11.5 Å². The Labute approximate surface area is 108 Å². The van der Waals surface area contributed by atoms with Crippen molar-refractivity contribution in [3.63, 3.8) is 0 Å². The third-order valence-corrected chi connectivity index (χ3v) is 4.41. The average molecular weight is 255 g/mol. The molecule has 0 aliphatic heterocycles.